The number of benzene rings is 1. The monoisotopic (exact) mass is 294 g/mol. The average Bonchev–Trinajstić information content (AvgIpc) is 2.26. The van der Waals surface area contributed by atoms with Crippen molar-refractivity contribution in [3.63, 3.8) is 0 Å². The third kappa shape index (κ3) is 4.28. The van der Waals surface area contributed by atoms with E-state index in [1.165, 1.54) is 6.07 Å². The Morgan fingerprint density at radius 3 is 2.32 bits per heavy atom. The van der Waals surface area contributed by atoms with E-state index >= 15 is 0 Å². The molecule has 0 bridgehead atoms. The van der Waals surface area contributed by atoms with Crippen molar-refractivity contribution >= 4 is 11.6 Å². The lowest BCUT2D eigenvalue weighted by Gasteiger charge is -2.26. The van der Waals surface area contributed by atoms with E-state index in [2.05, 4.69) is 4.74 Å². The molecule has 1 aliphatic rings. The predicted molar refractivity (Wildman–Crippen MR) is 65.4 cm³/mol. The summed E-state index contributed by atoms with van der Waals surface area (Å²) in [6.07, 6.45) is -2.22. The van der Waals surface area contributed by atoms with Gasteiger partial charge < -0.3 is 9.84 Å². The molecule has 0 amide bonds. The van der Waals surface area contributed by atoms with Crippen LogP contribution in [0.1, 0.15) is 37.2 Å². The summed E-state index contributed by atoms with van der Waals surface area (Å²) < 4.78 is 40.5. The molecule has 0 aromatic heterocycles. The standard InChI is InChI=1S/C13H14ClF3O2/c14-10-5-9(8-1-3-11(18)4-2-8)6-12(7-10)19-13(15,16)17/h5-8,11,18H,1-4H2. The Kier molecular flexibility index (Phi) is 4.26. The first-order valence-corrected chi connectivity index (χ1v) is 6.45. The summed E-state index contributed by atoms with van der Waals surface area (Å²) in [6, 6.07) is 4.19. The fraction of sp³-hybridized carbons (Fsp3) is 0.538. The highest BCUT2D eigenvalue weighted by Crippen LogP contribution is 2.36. The van der Waals surface area contributed by atoms with E-state index in [4.69, 9.17) is 11.6 Å². The van der Waals surface area contributed by atoms with Crippen LogP contribution in [-0.2, 0) is 0 Å². The molecular weight excluding hydrogens is 281 g/mol. The van der Waals surface area contributed by atoms with Gasteiger partial charge in [0, 0.05) is 5.02 Å². The molecule has 1 N–H and O–H groups in total. The van der Waals surface area contributed by atoms with Crippen molar-refractivity contribution in [2.24, 2.45) is 0 Å². The van der Waals surface area contributed by atoms with Crippen molar-refractivity contribution in [1.29, 1.82) is 0 Å². The van der Waals surface area contributed by atoms with Crippen molar-refractivity contribution in [2.75, 3.05) is 0 Å². The second-order valence-electron chi connectivity index (χ2n) is 4.77. The van der Waals surface area contributed by atoms with Gasteiger partial charge in [-0.05, 0) is 55.4 Å². The summed E-state index contributed by atoms with van der Waals surface area (Å²) in [7, 11) is 0. The minimum atomic E-state index is -4.72. The number of hydrogen-bond acceptors (Lipinski definition) is 2. The average molecular weight is 295 g/mol. The van der Waals surface area contributed by atoms with E-state index in [0.29, 0.717) is 12.8 Å². The Morgan fingerprint density at radius 2 is 1.74 bits per heavy atom. The maximum absolute atomic E-state index is 12.2. The normalized spacial score (nSPS) is 24.3. The highest BCUT2D eigenvalue weighted by atomic mass is 35.5. The van der Waals surface area contributed by atoms with Gasteiger partial charge in [0.05, 0.1) is 6.10 Å². The van der Waals surface area contributed by atoms with Crippen molar-refractivity contribution in [3.8, 4) is 5.75 Å². The molecule has 1 aromatic carbocycles. The molecule has 19 heavy (non-hydrogen) atoms. The van der Waals surface area contributed by atoms with Crippen LogP contribution in [0.5, 0.6) is 5.75 Å². The largest absolute Gasteiger partial charge is 0.573 e. The molecule has 0 spiro atoms. The van der Waals surface area contributed by atoms with Gasteiger partial charge in [-0.1, -0.05) is 11.6 Å². The highest BCUT2D eigenvalue weighted by molar-refractivity contribution is 6.30. The lowest BCUT2D eigenvalue weighted by atomic mass is 9.83. The zero-order valence-electron chi connectivity index (χ0n) is 10.1. The predicted octanol–water partition coefficient (Wildman–Crippen LogP) is 4.26. The van der Waals surface area contributed by atoms with Crippen LogP contribution in [0.25, 0.3) is 0 Å². The molecule has 0 heterocycles. The van der Waals surface area contributed by atoms with Crippen molar-refractivity contribution in [3.05, 3.63) is 28.8 Å². The maximum Gasteiger partial charge on any atom is 0.573 e. The van der Waals surface area contributed by atoms with Gasteiger partial charge in [0.2, 0.25) is 0 Å². The van der Waals surface area contributed by atoms with Crippen LogP contribution in [0.2, 0.25) is 5.02 Å². The Hall–Kier alpha value is -0.940. The molecule has 2 nitrogen and oxygen atoms in total. The Balaban J connectivity index is 2.17. The summed E-state index contributed by atoms with van der Waals surface area (Å²) in [5.74, 6) is -0.168. The number of alkyl halides is 3. The third-order valence-electron chi connectivity index (χ3n) is 3.30. The topological polar surface area (TPSA) is 29.5 Å². The fourth-order valence-electron chi connectivity index (χ4n) is 2.42. The minimum absolute atomic E-state index is 0.123. The van der Waals surface area contributed by atoms with Crippen LogP contribution in [0.3, 0.4) is 0 Å². The molecule has 1 aliphatic carbocycles. The zero-order valence-corrected chi connectivity index (χ0v) is 10.8. The van der Waals surface area contributed by atoms with Gasteiger partial charge in [0.25, 0.3) is 0 Å². The Labute approximate surface area is 114 Å². The van der Waals surface area contributed by atoms with Crippen LogP contribution < -0.4 is 4.74 Å². The first kappa shape index (κ1) is 14.5. The molecule has 0 radical (unpaired) electrons. The van der Waals surface area contributed by atoms with Gasteiger partial charge in [0.1, 0.15) is 5.75 Å². The molecule has 0 atom stereocenters. The molecule has 0 saturated heterocycles. The molecule has 106 valence electrons. The number of hydrogen-bond donors (Lipinski definition) is 1. The van der Waals surface area contributed by atoms with Crippen LogP contribution >= 0.6 is 11.6 Å². The van der Waals surface area contributed by atoms with Gasteiger partial charge in [-0.3, -0.25) is 0 Å². The van der Waals surface area contributed by atoms with E-state index in [0.717, 1.165) is 24.5 Å². The van der Waals surface area contributed by atoms with Crippen LogP contribution in [0.15, 0.2) is 18.2 Å². The van der Waals surface area contributed by atoms with Crippen molar-refractivity contribution < 1.29 is 23.0 Å². The van der Waals surface area contributed by atoms with Crippen molar-refractivity contribution in [2.45, 2.75) is 44.1 Å². The Morgan fingerprint density at radius 1 is 1.11 bits per heavy atom. The van der Waals surface area contributed by atoms with Crippen molar-refractivity contribution in [1.82, 2.24) is 0 Å². The summed E-state index contributed by atoms with van der Waals surface area (Å²) in [4.78, 5) is 0. The third-order valence-corrected chi connectivity index (χ3v) is 3.51. The highest BCUT2D eigenvalue weighted by Gasteiger charge is 2.31. The SMILES string of the molecule is OC1CCC(c2cc(Cl)cc(OC(F)(F)F)c2)CC1. The van der Waals surface area contributed by atoms with E-state index in [-0.39, 0.29) is 22.8 Å². The summed E-state index contributed by atoms with van der Waals surface area (Å²) in [6.45, 7) is 0. The van der Waals surface area contributed by atoms with E-state index in [1.54, 1.807) is 6.07 Å². The van der Waals surface area contributed by atoms with Gasteiger partial charge in [-0.2, -0.15) is 0 Å². The molecule has 1 aromatic rings. The second kappa shape index (κ2) is 5.59. The van der Waals surface area contributed by atoms with E-state index in [9.17, 15) is 18.3 Å². The first-order valence-electron chi connectivity index (χ1n) is 6.08. The second-order valence-corrected chi connectivity index (χ2v) is 5.21. The van der Waals surface area contributed by atoms with Crippen LogP contribution in [0.4, 0.5) is 13.2 Å². The lowest BCUT2D eigenvalue weighted by Crippen LogP contribution is -2.18. The van der Waals surface area contributed by atoms with Gasteiger partial charge in [-0.15, -0.1) is 13.2 Å². The zero-order chi connectivity index (χ0) is 14.0. The lowest BCUT2D eigenvalue weighted by molar-refractivity contribution is -0.274. The number of rotatable bonds is 2. The summed E-state index contributed by atoms with van der Waals surface area (Å²) in [5.41, 5.74) is 0.735. The smallest absolute Gasteiger partial charge is 0.406 e. The summed E-state index contributed by atoms with van der Waals surface area (Å²) >= 11 is 5.83. The van der Waals surface area contributed by atoms with Crippen LogP contribution in [-0.4, -0.2) is 17.6 Å². The molecule has 0 aliphatic heterocycles. The molecule has 0 unspecified atom stereocenters. The van der Waals surface area contributed by atoms with Crippen LogP contribution in [0, 0.1) is 0 Å². The van der Waals surface area contributed by atoms with E-state index in [1.807, 2.05) is 0 Å². The molecule has 1 saturated carbocycles. The number of halogens is 4. The maximum atomic E-state index is 12.2. The number of ether oxygens (including phenoxy) is 1. The van der Waals surface area contributed by atoms with Gasteiger partial charge in [0.15, 0.2) is 0 Å². The minimum Gasteiger partial charge on any atom is -0.406 e. The van der Waals surface area contributed by atoms with Gasteiger partial charge in [-0.25, -0.2) is 0 Å². The quantitative estimate of drug-likeness (QED) is 0.883. The van der Waals surface area contributed by atoms with E-state index < -0.39 is 6.36 Å². The summed E-state index contributed by atoms with van der Waals surface area (Å²) in [5, 5.41) is 9.66. The molecule has 2 rings (SSSR count). The Bertz CT molecular complexity index is 440. The number of aliphatic hydroxyl groups excluding tert-OH is 1. The fourth-order valence-corrected chi connectivity index (χ4v) is 2.66. The molecular formula is C13H14ClF3O2. The first-order chi connectivity index (χ1) is 8.83. The molecule has 1 fully saturated rings. The van der Waals surface area contributed by atoms with Gasteiger partial charge >= 0.3 is 6.36 Å². The molecule has 6 heteroatoms. The number of aliphatic hydroxyl groups is 1.